The van der Waals surface area contributed by atoms with Crippen LogP contribution in [-0.4, -0.2) is 59.2 Å². The molecule has 2 heterocycles. The van der Waals surface area contributed by atoms with Crippen molar-refractivity contribution >= 4 is 0 Å². The van der Waals surface area contributed by atoms with Crippen LogP contribution in [0.3, 0.4) is 0 Å². The molecule has 0 radical (unpaired) electrons. The van der Waals surface area contributed by atoms with Crippen molar-refractivity contribution in [1.29, 1.82) is 0 Å². The summed E-state index contributed by atoms with van der Waals surface area (Å²) >= 11 is 0. The van der Waals surface area contributed by atoms with E-state index in [9.17, 15) is 0 Å². The predicted octanol–water partition coefficient (Wildman–Crippen LogP) is 0.802. The van der Waals surface area contributed by atoms with Gasteiger partial charge in [-0.1, -0.05) is 5.16 Å². The van der Waals surface area contributed by atoms with Crippen LogP contribution in [0.2, 0.25) is 0 Å². The second kappa shape index (κ2) is 5.42. The van der Waals surface area contributed by atoms with Gasteiger partial charge in [0.05, 0.1) is 6.04 Å². The Morgan fingerprint density at radius 2 is 2.10 bits per heavy atom. The van der Waals surface area contributed by atoms with Gasteiger partial charge in [-0.15, -0.1) is 0 Å². The molecule has 3 rings (SSSR count). The maximum atomic E-state index is 6.25. The van der Waals surface area contributed by atoms with Crippen molar-refractivity contribution < 1.29 is 4.52 Å². The smallest absolute Gasteiger partial charge is 0.228 e. The molecule has 20 heavy (non-hydrogen) atoms. The van der Waals surface area contributed by atoms with E-state index in [1.165, 1.54) is 12.8 Å². The number of aromatic nitrogens is 2. The molecule has 0 spiro atoms. The van der Waals surface area contributed by atoms with Gasteiger partial charge in [-0.3, -0.25) is 4.90 Å². The van der Waals surface area contributed by atoms with E-state index in [4.69, 9.17) is 10.3 Å². The van der Waals surface area contributed by atoms with Crippen molar-refractivity contribution in [2.75, 3.05) is 33.7 Å². The Hall–Kier alpha value is -0.980. The zero-order chi connectivity index (χ0) is 14.2. The summed E-state index contributed by atoms with van der Waals surface area (Å²) in [5, 5.41) is 4.20. The molecule has 1 saturated carbocycles. The largest absolute Gasteiger partial charge is 0.339 e. The fourth-order valence-corrected chi connectivity index (χ4v) is 3.13. The second-order valence-corrected chi connectivity index (χ2v) is 6.55. The van der Waals surface area contributed by atoms with Crippen molar-refractivity contribution in [1.82, 2.24) is 19.9 Å². The SMILES string of the molecule is CN1CCCN(C)C(c2noc(CC3(N)CCC3)n2)C1. The third kappa shape index (κ3) is 2.87. The third-order valence-corrected chi connectivity index (χ3v) is 4.70. The lowest BCUT2D eigenvalue weighted by atomic mass is 9.75. The molecule has 0 aromatic carbocycles. The summed E-state index contributed by atoms with van der Waals surface area (Å²) < 4.78 is 5.43. The number of nitrogens with zero attached hydrogens (tertiary/aromatic N) is 4. The van der Waals surface area contributed by atoms with Crippen molar-refractivity contribution in [3.63, 3.8) is 0 Å². The number of hydrogen-bond donors (Lipinski definition) is 1. The van der Waals surface area contributed by atoms with Gasteiger partial charge in [-0.25, -0.2) is 0 Å². The predicted molar refractivity (Wildman–Crippen MR) is 76.3 cm³/mol. The maximum Gasteiger partial charge on any atom is 0.228 e. The van der Waals surface area contributed by atoms with Gasteiger partial charge in [0, 0.05) is 18.5 Å². The van der Waals surface area contributed by atoms with Crippen LogP contribution in [0.5, 0.6) is 0 Å². The minimum atomic E-state index is -0.101. The summed E-state index contributed by atoms with van der Waals surface area (Å²) in [6.45, 7) is 3.14. The van der Waals surface area contributed by atoms with Crippen LogP contribution in [0.4, 0.5) is 0 Å². The topological polar surface area (TPSA) is 71.4 Å². The summed E-state index contributed by atoms with van der Waals surface area (Å²) in [6.07, 6.45) is 5.24. The molecule has 2 N–H and O–H groups in total. The van der Waals surface area contributed by atoms with Crippen molar-refractivity contribution in [2.45, 2.75) is 43.7 Å². The second-order valence-electron chi connectivity index (χ2n) is 6.55. The molecule has 2 fully saturated rings. The molecule has 1 aromatic heterocycles. The van der Waals surface area contributed by atoms with Crippen LogP contribution in [-0.2, 0) is 6.42 Å². The average Bonchev–Trinajstić information content (AvgIpc) is 2.75. The van der Waals surface area contributed by atoms with E-state index in [0.717, 1.165) is 38.3 Å². The number of hydrogen-bond acceptors (Lipinski definition) is 6. The van der Waals surface area contributed by atoms with Gasteiger partial charge in [0.2, 0.25) is 5.89 Å². The van der Waals surface area contributed by atoms with Crippen molar-refractivity contribution in [3.05, 3.63) is 11.7 Å². The lowest BCUT2D eigenvalue weighted by Gasteiger charge is -2.36. The summed E-state index contributed by atoms with van der Waals surface area (Å²) in [4.78, 5) is 9.25. The Bertz CT molecular complexity index is 456. The fourth-order valence-electron chi connectivity index (χ4n) is 3.13. The van der Waals surface area contributed by atoms with E-state index in [2.05, 4.69) is 34.0 Å². The Morgan fingerprint density at radius 3 is 2.80 bits per heavy atom. The van der Waals surface area contributed by atoms with Gasteiger partial charge in [0.25, 0.3) is 0 Å². The van der Waals surface area contributed by atoms with Gasteiger partial charge in [0.1, 0.15) is 0 Å². The molecule has 1 aliphatic carbocycles. The first-order valence-corrected chi connectivity index (χ1v) is 7.56. The first-order valence-electron chi connectivity index (χ1n) is 7.56. The van der Waals surface area contributed by atoms with E-state index >= 15 is 0 Å². The number of rotatable bonds is 3. The van der Waals surface area contributed by atoms with Crippen molar-refractivity contribution in [3.8, 4) is 0 Å². The third-order valence-electron chi connectivity index (χ3n) is 4.70. The Morgan fingerprint density at radius 1 is 1.30 bits per heavy atom. The molecule has 1 aliphatic heterocycles. The highest BCUT2D eigenvalue weighted by Crippen LogP contribution is 2.32. The average molecular weight is 279 g/mol. The van der Waals surface area contributed by atoms with Crippen LogP contribution < -0.4 is 5.73 Å². The maximum absolute atomic E-state index is 6.25. The lowest BCUT2D eigenvalue weighted by molar-refractivity contribution is 0.211. The van der Waals surface area contributed by atoms with Crippen LogP contribution in [0, 0.1) is 0 Å². The highest BCUT2D eigenvalue weighted by molar-refractivity contribution is 5.03. The Balaban J connectivity index is 1.71. The highest BCUT2D eigenvalue weighted by Gasteiger charge is 2.35. The first-order chi connectivity index (χ1) is 9.56. The standard InChI is InChI=1S/C14H25N5O/c1-18-7-4-8-19(2)11(10-18)13-16-12(20-17-13)9-14(15)5-3-6-14/h11H,3-10,15H2,1-2H3. The zero-order valence-corrected chi connectivity index (χ0v) is 12.5. The summed E-state index contributed by atoms with van der Waals surface area (Å²) in [6, 6.07) is 0.218. The van der Waals surface area contributed by atoms with Gasteiger partial charge < -0.3 is 15.2 Å². The monoisotopic (exact) mass is 279 g/mol. The summed E-state index contributed by atoms with van der Waals surface area (Å²) in [7, 11) is 4.28. The van der Waals surface area contributed by atoms with E-state index in [0.29, 0.717) is 12.3 Å². The van der Waals surface area contributed by atoms with E-state index in [-0.39, 0.29) is 11.6 Å². The molecule has 2 aliphatic rings. The molecule has 1 saturated heterocycles. The molecular weight excluding hydrogens is 254 g/mol. The van der Waals surface area contributed by atoms with Gasteiger partial charge in [0.15, 0.2) is 5.82 Å². The molecule has 6 nitrogen and oxygen atoms in total. The highest BCUT2D eigenvalue weighted by atomic mass is 16.5. The Labute approximate surface area is 120 Å². The normalized spacial score (nSPS) is 28.1. The van der Waals surface area contributed by atoms with E-state index in [1.54, 1.807) is 0 Å². The summed E-state index contributed by atoms with van der Waals surface area (Å²) in [5.74, 6) is 1.50. The lowest BCUT2D eigenvalue weighted by Crippen LogP contribution is -2.48. The van der Waals surface area contributed by atoms with Crippen LogP contribution in [0.1, 0.15) is 43.4 Å². The molecule has 0 bridgehead atoms. The quantitative estimate of drug-likeness (QED) is 0.882. The molecule has 1 atom stereocenters. The minimum Gasteiger partial charge on any atom is -0.339 e. The number of nitrogens with two attached hydrogens (primary N) is 1. The fraction of sp³-hybridized carbons (Fsp3) is 0.857. The zero-order valence-electron chi connectivity index (χ0n) is 12.5. The van der Waals surface area contributed by atoms with Gasteiger partial charge in [-0.05, 0) is 52.9 Å². The Kier molecular flexibility index (Phi) is 3.79. The minimum absolute atomic E-state index is 0.101. The molecular formula is C14H25N5O. The molecule has 1 unspecified atom stereocenters. The van der Waals surface area contributed by atoms with Gasteiger partial charge >= 0.3 is 0 Å². The van der Waals surface area contributed by atoms with E-state index < -0.39 is 0 Å². The number of likely N-dealkylation sites (N-methyl/N-ethyl adjacent to an activating group) is 2. The van der Waals surface area contributed by atoms with Gasteiger partial charge in [-0.2, -0.15) is 4.98 Å². The van der Waals surface area contributed by atoms with Crippen LogP contribution >= 0.6 is 0 Å². The molecule has 0 amide bonds. The van der Waals surface area contributed by atoms with Crippen LogP contribution in [0.15, 0.2) is 4.52 Å². The first kappa shape index (κ1) is 14.0. The van der Waals surface area contributed by atoms with E-state index in [1.807, 2.05) is 0 Å². The van der Waals surface area contributed by atoms with Crippen LogP contribution in [0.25, 0.3) is 0 Å². The van der Waals surface area contributed by atoms with Crippen molar-refractivity contribution in [2.24, 2.45) is 5.73 Å². The summed E-state index contributed by atoms with van der Waals surface area (Å²) in [5.41, 5.74) is 6.15. The molecule has 1 aromatic rings. The molecule has 112 valence electrons. The molecule has 6 heteroatoms.